The van der Waals surface area contributed by atoms with Crippen LogP contribution in [0.15, 0.2) is 24.3 Å². The van der Waals surface area contributed by atoms with Crippen LogP contribution in [0.4, 0.5) is 18.9 Å². The summed E-state index contributed by atoms with van der Waals surface area (Å²) in [5.74, 6) is -0.242. The molecule has 1 aliphatic rings. The van der Waals surface area contributed by atoms with Crippen molar-refractivity contribution in [3.8, 4) is 0 Å². The minimum atomic E-state index is -4.40. The highest BCUT2D eigenvalue weighted by molar-refractivity contribution is 5.91. The Morgan fingerprint density at radius 3 is 2.27 bits per heavy atom. The van der Waals surface area contributed by atoms with Crippen molar-refractivity contribution in [2.24, 2.45) is 5.92 Å². The first kappa shape index (κ1) is 16.3. The number of alkyl halides is 3. The predicted molar refractivity (Wildman–Crippen MR) is 75.2 cm³/mol. The number of anilines is 1. The van der Waals surface area contributed by atoms with Gasteiger partial charge in [0.1, 0.15) is 0 Å². The monoisotopic (exact) mass is 314 g/mol. The molecule has 1 fully saturated rings. The number of halogens is 3. The van der Waals surface area contributed by atoms with Crippen LogP contribution in [-0.4, -0.2) is 24.9 Å². The Bertz CT molecular complexity index is 551. The van der Waals surface area contributed by atoms with Crippen LogP contribution in [0.1, 0.15) is 25.3 Å². The van der Waals surface area contributed by atoms with Crippen LogP contribution in [0, 0.1) is 5.92 Å². The van der Waals surface area contributed by atoms with Gasteiger partial charge in [0.15, 0.2) is 0 Å². The van der Waals surface area contributed by atoms with Crippen LogP contribution in [0.25, 0.3) is 0 Å². The molecule has 1 saturated carbocycles. The van der Waals surface area contributed by atoms with Crippen LogP contribution < -0.4 is 10.2 Å². The number of benzene rings is 1. The smallest absolute Gasteiger partial charge is 0.354 e. The molecule has 0 unspecified atom stereocenters. The summed E-state index contributed by atoms with van der Waals surface area (Å²) in [6, 6.07) is 4.39. The number of carbonyl (C=O) groups is 2. The van der Waals surface area contributed by atoms with Gasteiger partial charge in [-0.15, -0.1) is 0 Å². The number of nitrogens with zero attached hydrogens (tertiary/aromatic N) is 1. The maximum Gasteiger partial charge on any atom is 0.416 e. The second-order valence-corrected chi connectivity index (χ2v) is 5.28. The van der Waals surface area contributed by atoms with Crippen LogP contribution >= 0.6 is 0 Å². The molecule has 2 amide bonds. The molecule has 0 aliphatic heterocycles. The van der Waals surface area contributed by atoms with Crippen molar-refractivity contribution in [1.82, 2.24) is 5.32 Å². The topological polar surface area (TPSA) is 49.4 Å². The van der Waals surface area contributed by atoms with Gasteiger partial charge in [0.2, 0.25) is 11.8 Å². The Hall–Kier alpha value is -2.05. The van der Waals surface area contributed by atoms with Gasteiger partial charge in [-0.2, -0.15) is 13.2 Å². The van der Waals surface area contributed by atoms with Gasteiger partial charge in [-0.05, 0) is 37.1 Å². The van der Waals surface area contributed by atoms with E-state index in [-0.39, 0.29) is 30.8 Å². The number of hydrogen-bond acceptors (Lipinski definition) is 2. The zero-order valence-corrected chi connectivity index (χ0v) is 12.1. The lowest BCUT2D eigenvalue weighted by Crippen LogP contribution is -2.38. The minimum absolute atomic E-state index is 0.0316. The summed E-state index contributed by atoms with van der Waals surface area (Å²) in [6.45, 7) is 1.83. The van der Waals surface area contributed by atoms with Gasteiger partial charge in [-0.3, -0.25) is 9.59 Å². The van der Waals surface area contributed by atoms with Crippen molar-refractivity contribution in [2.45, 2.75) is 25.9 Å². The fourth-order valence-electron chi connectivity index (χ4n) is 2.08. The largest absolute Gasteiger partial charge is 0.416 e. The Morgan fingerprint density at radius 1 is 1.23 bits per heavy atom. The molecule has 1 N–H and O–H groups in total. The molecule has 0 aromatic heterocycles. The fraction of sp³-hybridized carbons (Fsp3) is 0.467. The van der Waals surface area contributed by atoms with Crippen molar-refractivity contribution < 1.29 is 22.8 Å². The maximum atomic E-state index is 12.5. The molecule has 0 atom stereocenters. The highest BCUT2D eigenvalue weighted by atomic mass is 19.4. The van der Waals surface area contributed by atoms with Gasteiger partial charge in [-0.25, -0.2) is 0 Å². The van der Waals surface area contributed by atoms with Crippen molar-refractivity contribution in [2.75, 3.05) is 18.0 Å². The number of hydrogen-bond donors (Lipinski definition) is 1. The van der Waals surface area contributed by atoms with E-state index in [0.29, 0.717) is 5.69 Å². The number of amides is 2. The molecule has 22 heavy (non-hydrogen) atoms. The normalized spacial score (nSPS) is 14.5. The molecular formula is C15H17F3N2O2. The van der Waals surface area contributed by atoms with Crippen LogP contribution in [0.3, 0.4) is 0 Å². The molecule has 0 bridgehead atoms. The zero-order valence-electron chi connectivity index (χ0n) is 12.1. The number of nitrogens with one attached hydrogen (secondary N) is 1. The fourth-order valence-corrected chi connectivity index (χ4v) is 2.08. The first-order valence-corrected chi connectivity index (χ1v) is 7.02. The van der Waals surface area contributed by atoms with Crippen molar-refractivity contribution in [1.29, 1.82) is 0 Å². The zero-order chi connectivity index (χ0) is 16.3. The van der Waals surface area contributed by atoms with E-state index in [2.05, 4.69) is 5.32 Å². The van der Waals surface area contributed by atoms with Crippen molar-refractivity contribution in [3.05, 3.63) is 29.8 Å². The van der Waals surface area contributed by atoms with E-state index in [1.165, 1.54) is 24.0 Å². The molecule has 0 heterocycles. The maximum absolute atomic E-state index is 12.5. The Kier molecular flexibility index (Phi) is 4.73. The lowest BCUT2D eigenvalue weighted by molar-refractivity contribution is -0.137. The summed E-state index contributed by atoms with van der Waals surface area (Å²) in [5, 5.41) is 2.72. The average Bonchev–Trinajstić information content (AvgIpc) is 3.26. The van der Waals surface area contributed by atoms with E-state index >= 15 is 0 Å². The quantitative estimate of drug-likeness (QED) is 0.908. The van der Waals surface area contributed by atoms with Crippen LogP contribution in [0.5, 0.6) is 0 Å². The average molecular weight is 314 g/mol. The molecule has 0 saturated heterocycles. The van der Waals surface area contributed by atoms with Crippen LogP contribution in [0.2, 0.25) is 0 Å². The molecule has 2 rings (SSSR count). The third-order valence-electron chi connectivity index (χ3n) is 3.47. The molecule has 7 heteroatoms. The van der Waals surface area contributed by atoms with E-state index in [1.807, 2.05) is 0 Å². The lowest BCUT2D eigenvalue weighted by Gasteiger charge is -2.22. The summed E-state index contributed by atoms with van der Waals surface area (Å²) in [4.78, 5) is 24.5. The Balaban J connectivity index is 1.97. The third kappa shape index (κ3) is 4.22. The molecule has 120 valence electrons. The highest BCUT2D eigenvalue weighted by Crippen LogP contribution is 2.30. The molecule has 1 aromatic carbocycles. The van der Waals surface area contributed by atoms with Gasteiger partial charge in [-0.1, -0.05) is 0 Å². The third-order valence-corrected chi connectivity index (χ3v) is 3.47. The van der Waals surface area contributed by atoms with Crippen LogP contribution in [-0.2, 0) is 15.8 Å². The standard InChI is InChI=1S/C15H17F3N2O2/c1-10(21)20(9-8-19-14(22)11-2-3-11)13-6-4-12(5-7-13)15(16,17)18/h4-7,11H,2-3,8-9H2,1H3,(H,19,22). The van der Waals surface area contributed by atoms with E-state index in [0.717, 1.165) is 25.0 Å². The van der Waals surface area contributed by atoms with E-state index in [9.17, 15) is 22.8 Å². The molecule has 0 radical (unpaired) electrons. The molecule has 1 aliphatic carbocycles. The molecular weight excluding hydrogens is 297 g/mol. The first-order valence-electron chi connectivity index (χ1n) is 7.02. The van der Waals surface area contributed by atoms with Crippen molar-refractivity contribution in [3.63, 3.8) is 0 Å². The Morgan fingerprint density at radius 2 is 1.82 bits per heavy atom. The van der Waals surface area contributed by atoms with E-state index < -0.39 is 11.7 Å². The second-order valence-electron chi connectivity index (χ2n) is 5.28. The Labute approximate surface area is 126 Å². The highest BCUT2D eigenvalue weighted by Gasteiger charge is 2.31. The van der Waals surface area contributed by atoms with E-state index in [4.69, 9.17) is 0 Å². The second kappa shape index (κ2) is 6.37. The van der Waals surface area contributed by atoms with Gasteiger partial charge in [0.05, 0.1) is 5.56 Å². The summed E-state index contributed by atoms with van der Waals surface area (Å²) < 4.78 is 37.6. The first-order chi connectivity index (χ1) is 10.3. The van der Waals surface area contributed by atoms with Gasteiger partial charge < -0.3 is 10.2 Å². The predicted octanol–water partition coefficient (Wildman–Crippen LogP) is 2.58. The van der Waals surface area contributed by atoms with Gasteiger partial charge >= 0.3 is 6.18 Å². The number of rotatable bonds is 5. The van der Waals surface area contributed by atoms with Gasteiger partial charge in [0.25, 0.3) is 0 Å². The molecule has 0 spiro atoms. The minimum Gasteiger partial charge on any atom is -0.354 e. The summed E-state index contributed by atoms with van der Waals surface area (Å²) >= 11 is 0. The van der Waals surface area contributed by atoms with Gasteiger partial charge in [0, 0.05) is 31.6 Å². The SMILES string of the molecule is CC(=O)N(CCNC(=O)C1CC1)c1ccc(C(F)(F)F)cc1. The van der Waals surface area contributed by atoms with E-state index in [1.54, 1.807) is 0 Å². The summed E-state index contributed by atoms with van der Waals surface area (Å²) in [5.41, 5.74) is -0.386. The summed E-state index contributed by atoms with van der Waals surface area (Å²) in [7, 11) is 0. The van der Waals surface area contributed by atoms with Crippen molar-refractivity contribution >= 4 is 17.5 Å². The summed E-state index contributed by atoms with van der Waals surface area (Å²) in [6.07, 6.45) is -2.62. The molecule has 1 aromatic rings. The lowest BCUT2D eigenvalue weighted by atomic mass is 10.2. The molecule has 4 nitrogen and oxygen atoms in total. The number of carbonyl (C=O) groups excluding carboxylic acids is 2.